The highest BCUT2D eigenvalue weighted by atomic mass is 16.6. The summed E-state index contributed by atoms with van der Waals surface area (Å²) in [4.78, 5) is 25.3. The molecule has 0 saturated carbocycles. The highest BCUT2D eigenvalue weighted by Gasteiger charge is 2.25. The maximum atomic E-state index is 13.5. The summed E-state index contributed by atoms with van der Waals surface area (Å²) in [5.74, 6) is 0.882. The summed E-state index contributed by atoms with van der Waals surface area (Å²) in [7, 11) is 0. The molecule has 188 valence electrons. The highest BCUT2D eigenvalue weighted by molar-refractivity contribution is 5.67. The summed E-state index contributed by atoms with van der Waals surface area (Å²) in [6.07, 6.45) is 0.293. The molecule has 35 heavy (non-hydrogen) atoms. The molecule has 3 rings (SSSR count). The zero-order valence-corrected chi connectivity index (χ0v) is 21.3. The minimum atomic E-state index is -0.523. The number of ether oxygens (including phenoxy) is 1. The summed E-state index contributed by atoms with van der Waals surface area (Å²) in [5, 5.41) is 11.1. The van der Waals surface area contributed by atoms with Crippen molar-refractivity contribution in [1.82, 2.24) is 25.0 Å². The molecule has 3 aromatic rings. The second-order valence-electron chi connectivity index (χ2n) is 9.92. The Labute approximate surface area is 207 Å². The lowest BCUT2D eigenvalue weighted by molar-refractivity contribution is 0.0527. The van der Waals surface area contributed by atoms with E-state index in [-0.39, 0.29) is 17.6 Å². The molecule has 8 heteroatoms. The third-order valence-corrected chi connectivity index (χ3v) is 5.41. The van der Waals surface area contributed by atoms with Gasteiger partial charge in [0.1, 0.15) is 5.60 Å². The first-order chi connectivity index (χ1) is 16.7. The molecule has 1 atom stereocenters. The number of rotatable bonds is 10. The number of amides is 1. The number of alkyl carbamates (subject to hydrolysis) is 1. The van der Waals surface area contributed by atoms with Crippen molar-refractivity contribution >= 4 is 6.09 Å². The van der Waals surface area contributed by atoms with E-state index < -0.39 is 11.7 Å². The van der Waals surface area contributed by atoms with Crippen LogP contribution in [0, 0.1) is 5.92 Å². The van der Waals surface area contributed by atoms with Crippen molar-refractivity contribution in [3.63, 3.8) is 0 Å². The van der Waals surface area contributed by atoms with Crippen molar-refractivity contribution in [2.24, 2.45) is 5.92 Å². The standard InChI is InChI=1S/C27H37N5O3/c1-20(2)23(28-17-12-18-29-25(33)35-27(3,4)5)24-30-32(22-15-10-7-11-16-22)26(34)31(24)19-21-13-8-6-9-14-21/h6-11,13-16,20,23,28H,12,17-19H2,1-5H3,(H,29,33). The molecule has 8 nitrogen and oxygen atoms in total. The van der Waals surface area contributed by atoms with Crippen molar-refractivity contribution in [3.8, 4) is 5.69 Å². The van der Waals surface area contributed by atoms with Gasteiger partial charge in [-0.15, -0.1) is 5.10 Å². The third kappa shape index (κ3) is 7.55. The van der Waals surface area contributed by atoms with Crippen molar-refractivity contribution in [1.29, 1.82) is 0 Å². The molecule has 2 aromatic carbocycles. The van der Waals surface area contributed by atoms with E-state index in [1.54, 1.807) is 4.57 Å². The molecule has 0 aliphatic heterocycles. The number of carbonyl (C=O) groups is 1. The molecule has 1 aromatic heterocycles. The molecule has 0 saturated heterocycles. The molecule has 0 fully saturated rings. The van der Waals surface area contributed by atoms with E-state index in [0.717, 1.165) is 11.3 Å². The van der Waals surface area contributed by atoms with Crippen molar-refractivity contribution in [2.45, 2.75) is 59.2 Å². The third-order valence-electron chi connectivity index (χ3n) is 5.41. The lowest BCUT2D eigenvalue weighted by Crippen LogP contribution is -2.35. The lowest BCUT2D eigenvalue weighted by Gasteiger charge is -2.23. The smallest absolute Gasteiger partial charge is 0.407 e. The van der Waals surface area contributed by atoms with Gasteiger partial charge in [-0.1, -0.05) is 62.4 Å². The number of benzene rings is 2. The summed E-state index contributed by atoms with van der Waals surface area (Å²) >= 11 is 0. The topological polar surface area (TPSA) is 90.2 Å². The van der Waals surface area contributed by atoms with Crippen LogP contribution in [0.5, 0.6) is 0 Å². The van der Waals surface area contributed by atoms with Gasteiger partial charge in [0.15, 0.2) is 5.82 Å². The van der Waals surface area contributed by atoms with Crippen LogP contribution in [0.15, 0.2) is 65.5 Å². The first-order valence-electron chi connectivity index (χ1n) is 12.1. The Morgan fingerprint density at radius 3 is 2.23 bits per heavy atom. The predicted molar refractivity (Wildman–Crippen MR) is 138 cm³/mol. The molecule has 0 spiro atoms. The van der Waals surface area contributed by atoms with E-state index >= 15 is 0 Å². The number of nitrogens with zero attached hydrogens (tertiary/aromatic N) is 3. The van der Waals surface area contributed by atoms with Gasteiger partial charge in [0.25, 0.3) is 0 Å². The van der Waals surface area contributed by atoms with Gasteiger partial charge in [0.05, 0.1) is 18.3 Å². The number of nitrogens with one attached hydrogen (secondary N) is 2. The van der Waals surface area contributed by atoms with Crippen LogP contribution in [-0.2, 0) is 11.3 Å². The van der Waals surface area contributed by atoms with Gasteiger partial charge in [-0.25, -0.2) is 9.59 Å². The van der Waals surface area contributed by atoms with Crippen LogP contribution in [0.4, 0.5) is 4.79 Å². The van der Waals surface area contributed by atoms with Gasteiger partial charge in [0.2, 0.25) is 0 Å². The van der Waals surface area contributed by atoms with Crippen molar-refractivity contribution < 1.29 is 9.53 Å². The van der Waals surface area contributed by atoms with Crippen LogP contribution in [0.3, 0.4) is 0 Å². The van der Waals surface area contributed by atoms with Crippen LogP contribution in [0.25, 0.3) is 5.69 Å². The first-order valence-corrected chi connectivity index (χ1v) is 12.1. The number of para-hydroxylation sites is 1. The normalized spacial score (nSPS) is 12.5. The van der Waals surface area contributed by atoms with Crippen LogP contribution in [0.2, 0.25) is 0 Å². The summed E-state index contributed by atoms with van der Waals surface area (Å²) in [6.45, 7) is 11.3. The molecule has 2 N–H and O–H groups in total. The van der Waals surface area contributed by atoms with Crippen LogP contribution >= 0.6 is 0 Å². The Morgan fingerprint density at radius 1 is 1.00 bits per heavy atom. The molecule has 0 aliphatic rings. The fourth-order valence-corrected chi connectivity index (χ4v) is 3.77. The zero-order valence-electron chi connectivity index (χ0n) is 21.3. The Morgan fingerprint density at radius 2 is 1.63 bits per heavy atom. The van der Waals surface area contributed by atoms with Gasteiger partial charge in [-0.3, -0.25) is 4.57 Å². The van der Waals surface area contributed by atoms with E-state index in [2.05, 4.69) is 24.5 Å². The van der Waals surface area contributed by atoms with Gasteiger partial charge in [-0.2, -0.15) is 4.68 Å². The molecule has 1 unspecified atom stereocenters. The fourth-order valence-electron chi connectivity index (χ4n) is 3.77. The van der Waals surface area contributed by atoms with Crippen LogP contribution in [-0.4, -0.2) is 39.1 Å². The van der Waals surface area contributed by atoms with Crippen LogP contribution < -0.4 is 16.3 Å². The first kappa shape index (κ1) is 26.2. The summed E-state index contributed by atoms with van der Waals surface area (Å²) in [5.41, 5.74) is 1.07. The van der Waals surface area contributed by atoms with Gasteiger partial charge >= 0.3 is 11.8 Å². The molecule has 1 heterocycles. The Hall–Kier alpha value is -3.39. The van der Waals surface area contributed by atoms with E-state index in [9.17, 15) is 9.59 Å². The monoisotopic (exact) mass is 479 g/mol. The largest absolute Gasteiger partial charge is 0.444 e. The molecular weight excluding hydrogens is 442 g/mol. The molecule has 0 radical (unpaired) electrons. The van der Waals surface area contributed by atoms with Crippen molar-refractivity contribution in [3.05, 3.63) is 82.5 Å². The highest BCUT2D eigenvalue weighted by Crippen LogP contribution is 2.21. The van der Waals surface area contributed by atoms with E-state index in [0.29, 0.717) is 31.9 Å². The zero-order chi connectivity index (χ0) is 25.4. The molecule has 0 aliphatic carbocycles. The molecular formula is C27H37N5O3. The second-order valence-corrected chi connectivity index (χ2v) is 9.92. The van der Waals surface area contributed by atoms with Gasteiger partial charge in [0, 0.05) is 6.54 Å². The average molecular weight is 480 g/mol. The van der Waals surface area contributed by atoms with Gasteiger partial charge in [-0.05, 0) is 57.4 Å². The maximum absolute atomic E-state index is 13.5. The van der Waals surface area contributed by atoms with Crippen LogP contribution in [0.1, 0.15) is 58.5 Å². The predicted octanol–water partition coefficient (Wildman–Crippen LogP) is 4.28. The number of carbonyl (C=O) groups excluding carboxylic acids is 1. The maximum Gasteiger partial charge on any atom is 0.407 e. The lowest BCUT2D eigenvalue weighted by atomic mass is 10.0. The second kappa shape index (κ2) is 11.8. The van der Waals surface area contributed by atoms with E-state index in [1.807, 2.05) is 81.4 Å². The quantitative estimate of drug-likeness (QED) is 0.424. The summed E-state index contributed by atoms with van der Waals surface area (Å²) in [6, 6.07) is 19.3. The number of hydrogen-bond donors (Lipinski definition) is 2. The minimum Gasteiger partial charge on any atom is -0.444 e. The fraction of sp³-hybridized carbons (Fsp3) is 0.444. The molecule has 1 amide bonds. The van der Waals surface area contributed by atoms with Crippen molar-refractivity contribution in [2.75, 3.05) is 13.1 Å². The Kier molecular flexibility index (Phi) is 8.87. The Balaban J connectivity index is 1.78. The SMILES string of the molecule is CC(C)C(NCCCNC(=O)OC(C)(C)C)c1nn(-c2ccccc2)c(=O)n1Cc1ccccc1. The number of hydrogen-bond acceptors (Lipinski definition) is 5. The van der Waals surface area contributed by atoms with Gasteiger partial charge < -0.3 is 15.4 Å². The Bertz CT molecular complexity index is 1130. The molecule has 0 bridgehead atoms. The summed E-state index contributed by atoms with van der Waals surface area (Å²) < 4.78 is 8.50. The number of aromatic nitrogens is 3. The minimum absolute atomic E-state index is 0.141. The van der Waals surface area contributed by atoms with E-state index in [4.69, 9.17) is 9.84 Å². The van der Waals surface area contributed by atoms with E-state index in [1.165, 1.54) is 4.68 Å². The average Bonchev–Trinajstić information content (AvgIpc) is 3.12.